The Morgan fingerprint density at radius 1 is 1.32 bits per heavy atom. The summed E-state index contributed by atoms with van der Waals surface area (Å²) in [6, 6.07) is 8.19. The summed E-state index contributed by atoms with van der Waals surface area (Å²) in [5.74, 6) is 2.65. The van der Waals surface area contributed by atoms with Gasteiger partial charge in [-0.25, -0.2) is 0 Å². The number of nitrogens with one attached hydrogen (secondary N) is 1. The molecule has 0 atom stereocenters. The second-order valence-electron chi connectivity index (χ2n) is 4.67. The summed E-state index contributed by atoms with van der Waals surface area (Å²) >= 11 is 1.98. The average molecular weight is 278 g/mol. The van der Waals surface area contributed by atoms with Crippen LogP contribution in [0.3, 0.4) is 0 Å². The van der Waals surface area contributed by atoms with Gasteiger partial charge < -0.3 is 10.2 Å². The molecule has 1 N–H and O–H groups in total. The first-order valence-corrected chi connectivity index (χ1v) is 8.19. The molecule has 1 aromatic rings. The van der Waals surface area contributed by atoms with Crippen LogP contribution in [0.15, 0.2) is 24.3 Å². The van der Waals surface area contributed by atoms with Crippen LogP contribution in [0.25, 0.3) is 0 Å². The highest BCUT2D eigenvalue weighted by Crippen LogP contribution is 2.22. The summed E-state index contributed by atoms with van der Waals surface area (Å²) in [5.41, 5.74) is 2.16. The quantitative estimate of drug-likeness (QED) is 0.776. The van der Waals surface area contributed by atoms with Gasteiger partial charge in [-0.15, -0.1) is 0 Å². The van der Waals surface area contributed by atoms with Gasteiger partial charge in [-0.3, -0.25) is 4.79 Å². The lowest BCUT2D eigenvalue weighted by Crippen LogP contribution is -2.23. The van der Waals surface area contributed by atoms with Crippen LogP contribution in [0, 0.1) is 0 Å². The van der Waals surface area contributed by atoms with Crippen molar-refractivity contribution in [2.45, 2.75) is 26.2 Å². The molecule has 1 aromatic carbocycles. The number of hydrogen-bond donors (Lipinski definition) is 1. The van der Waals surface area contributed by atoms with E-state index >= 15 is 0 Å². The van der Waals surface area contributed by atoms with E-state index in [0.717, 1.165) is 30.9 Å². The molecule has 3 nitrogen and oxygen atoms in total. The van der Waals surface area contributed by atoms with Gasteiger partial charge in [0.2, 0.25) is 5.91 Å². The molecule has 1 amide bonds. The molecule has 0 saturated carbocycles. The molecule has 1 heterocycles. The first-order valence-electron chi connectivity index (χ1n) is 7.03. The largest absolute Gasteiger partial charge is 0.385 e. The molecule has 2 rings (SSSR count). The zero-order valence-electron chi connectivity index (χ0n) is 11.5. The van der Waals surface area contributed by atoms with Crippen molar-refractivity contribution in [1.82, 2.24) is 0 Å². The maximum absolute atomic E-state index is 11.6. The molecule has 0 spiro atoms. The minimum absolute atomic E-state index is 0.247. The first kappa shape index (κ1) is 14.3. The number of benzene rings is 1. The van der Waals surface area contributed by atoms with Gasteiger partial charge in [-0.05, 0) is 48.6 Å². The normalized spacial score (nSPS) is 15.0. The van der Waals surface area contributed by atoms with Crippen molar-refractivity contribution in [3.05, 3.63) is 24.3 Å². The average Bonchev–Trinajstić information content (AvgIpc) is 2.86. The van der Waals surface area contributed by atoms with Gasteiger partial charge in [-0.2, -0.15) is 11.8 Å². The highest BCUT2D eigenvalue weighted by atomic mass is 32.2. The number of carbonyl (C=O) groups is 1. The van der Waals surface area contributed by atoms with E-state index in [1.54, 1.807) is 0 Å². The van der Waals surface area contributed by atoms with E-state index in [1.165, 1.54) is 17.9 Å². The fourth-order valence-corrected chi connectivity index (χ4v) is 2.87. The van der Waals surface area contributed by atoms with Crippen molar-refractivity contribution < 1.29 is 4.79 Å². The first-order chi connectivity index (χ1) is 9.31. The van der Waals surface area contributed by atoms with E-state index in [2.05, 4.69) is 24.4 Å². The predicted molar refractivity (Wildman–Crippen MR) is 84.1 cm³/mol. The summed E-state index contributed by atoms with van der Waals surface area (Å²) < 4.78 is 0. The maximum atomic E-state index is 11.6. The molecule has 1 fully saturated rings. The zero-order valence-corrected chi connectivity index (χ0v) is 12.3. The van der Waals surface area contributed by atoms with Crippen LogP contribution in [0.4, 0.5) is 11.4 Å². The summed E-state index contributed by atoms with van der Waals surface area (Å²) in [7, 11) is 0. The van der Waals surface area contributed by atoms with Crippen molar-refractivity contribution in [3.8, 4) is 0 Å². The van der Waals surface area contributed by atoms with Gasteiger partial charge >= 0.3 is 0 Å². The van der Waals surface area contributed by atoms with Crippen LogP contribution in [0.1, 0.15) is 26.2 Å². The fraction of sp³-hybridized carbons (Fsp3) is 0.533. The molecule has 104 valence electrons. The molecule has 0 aromatic heterocycles. The van der Waals surface area contributed by atoms with Crippen molar-refractivity contribution in [2.75, 3.05) is 34.8 Å². The summed E-state index contributed by atoms with van der Waals surface area (Å²) in [4.78, 5) is 13.5. The molecule has 0 radical (unpaired) electrons. The van der Waals surface area contributed by atoms with E-state index in [-0.39, 0.29) is 5.91 Å². The molecule has 19 heavy (non-hydrogen) atoms. The van der Waals surface area contributed by atoms with Crippen LogP contribution in [0.5, 0.6) is 0 Å². The highest BCUT2D eigenvalue weighted by molar-refractivity contribution is 7.99. The number of hydrogen-bond acceptors (Lipinski definition) is 3. The van der Waals surface area contributed by atoms with Crippen LogP contribution in [-0.4, -0.2) is 30.5 Å². The van der Waals surface area contributed by atoms with Crippen molar-refractivity contribution >= 4 is 29.0 Å². The Balaban J connectivity index is 1.79. The Bertz CT molecular complexity index is 405. The second-order valence-corrected chi connectivity index (χ2v) is 6.07. The van der Waals surface area contributed by atoms with Crippen molar-refractivity contribution in [3.63, 3.8) is 0 Å². The second kappa shape index (κ2) is 7.43. The number of thioether (sulfide) groups is 1. The van der Waals surface area contributed by atoms with Crippen molar-refractivity contribution in [2.24, 2.45) is 0 Å². The van der Waals surface area contributed by atoms with Crippen molar-refractivity contribution in [1.29, 1.82) is 0 Å². The maximum Gasteiger partial charge on any atom is 0.227 e. The van der Waals surface area contributed by atoms with Crippen LogP contribution < -0.4 is 10.2 Å². The van der Waals surface area contributed by atoms with Gasteiger partial charge in [0.25, 0.3) is 0 Å². The number of amides is 1. The number of anilines is 2. The number of nitrogens with zero attached hydrogens (tertiary/aromatic N) is 1. The fourth-order valence-electron chi connectivity index (χ4n) is 2.23. The molecular weight excluding hydrogens is 256 g/mol. The number of rotatable bonds is 7. The molecule has 4 heteroatoms. The van der Waals surface area contributed by atoms with Crippen LogP contribution in [-0.2, 0) is 4.79 Å². The van der Waals surface area contributed by atoms with Crippen LogP contribution in [0.2, 0.25) is 0 Å². The monoisotopic (exact) mass is 278 g/mol. The Hall–Kier alpha value is -1.16. The van der Waals surface area contributed by atoms with E-state index in [1.807, 2.05) is 28.8 Å². The summed E-state index contributed by atoms with van der Waals surface area (Å²) in [6.07, 6.45) is 2.86. The molecule has 0 aliphatic carbocycles. The topological polar surface area (TPSA) is 32.3 Å². The van der Waals surface area contributed by atoms with E-state index in [0.29, 0.717) is 6.42 Å². The highest BCUT2D eigenvalue weighted by Gasteiger charge is 2.21. The third-order valence-electron chi connectivity index (χ3n) is 3.25. The molecule has 0 bridgehead atoms. The molecule has 0 unspecified atom stereocenters. The third kappa shape index (κ3) is 4.16. The Morgan fingerprint density at radius 3 is 2.74 bits per heavy atom. The lowest BCUT2D eigenvalue weighted by Gasteiger charge is -2.16. The SMILES string of the molecule is CCSCCCNc1ccc(N2CCCC2=O)cc1. The van der Waals surface area contributed by atoms with E-state index in [4.69, 9.17) is 0 Å². The van der Waals surface area contributed by atoms with Crippen LogP contribution >= 0.6 is 11.8 Å². The minimum Gasteiger partial charge on any atom is -0.385 e. The summed E-state index contributed by atoms with van der Waals surface area (Å²) in [6.45, 7) is 4.06. The minimum atomic E-state index is 0.247. The summed E-state index contributed by atoms with van der Waals surface area (Å²) in [5, 5.41) is 3.42. The predicted octanol–water partition coefficient (Wildman–Crippen LogP) is 3.37. The Morgan fingerprint density at radius 2 is 2.11 bits per heavy atom. The number of carbonyl (C=O) groups excluding carboxylic acids is 1. The Labute approximate surface area is 119 Å². The standard InChI is InChI=1S/C15H22N2OS/c1-2-19-12-4-10-16-13-6-8-14(9-7-13)17-11-3-5-15(17)18/h6-9,16H,2-5,10-12H2,1H3. The lowest BCUT2D eigenvalue weighted by atomic mass is 10.2. The van der Waals surface area contributed by atoms with Gasteiger partial charge in [0.05, 0.1) is 0 Å². The van der Waals surface area contributed by atoms with E-state index in [9.17, 15) is 4.79 Å². The lowest BCUT2D eigenvalue weighted by molar-refractivity contribution is -0.117. The Kier molecular flexibility index (Phi) is 5.58. The molecule has 1 aliphatic heterocycles. The van der Waals surface area contributed by atoms with Gasteiger partial charge in [0, 0.05) is 30.9 Å². The van der Waals surface area contributed by atoms with Gasteiger partial charge in [-0.1, -0.05) is 6.92 Å². The van der Waals surface area contributed by atoms with Gasteiger partial charge in [0.15, 0.2) is 0 Å². The zero-order chi connectivity index (χ0) is 13.5. The molecular formula is C15H22N2OS. The van der Waals surface area contributed by atoms with Gasteiger partial charge in [0.1, 0.15) is 0 Å². The molecule has 1 aliphatic rings. The smallest absolute Gasteiger partial charge is 0.227 e. The van der Waals surface area contributed by atoms with E-state index < -0.39 is 0 Å². The molecule has 1 saturated heterocycles. The third-order valence-corrected chi connectivity index (χ3v) is 4.24.